The second-order valence-corrected chi connectivity index (χ2v) is 6.76. The van der Waals surface area contributed by atoms with E-state index in [9.17, 15) is 9.59 Å². The fourth-order valence-corrected chi connectivity index (χ4v) is 3.24. The molecule has 2 rings (SSSR count). The van der Waals surface area contributed by atoms with E-state index in [2.05, 4.69) is 15.5 Å². The molecule has 0 saturated heterocycles. The standard InChI is InChI=1S/C12H10ClN3O3S2/c1-6-15-16-12(21-6)20-5-10(17)14-9-4-7(13)2-3-8(9)11(18)19/h2-4H,5H2,1H3,(H,14,17)(H,18,19). The lowest BCUT2D eigenvalue weighted by Gasteiger charge is -2.08. The number of carboxylic acids is 1. The summed E-state index contributed by atoms with van der Waals surface area (Å²) in [6.45, 7) is 1.83. The third-order valence-corrected chi connectivity index (χ3v) is 4.53. The minimum absolute atomic E-state index is 0.00971. The van der Waals surface area contributed by atoms with Crippen LogP contribution in [0.2, 0.25) is 5.02 Å². The average molecular weight is 344 g/mol. The topological polar surface area (TPSA) is 92.2 Å². The Morgan fingerprint density at radius 3 is 2.81 bits per heavy atom. The highest BCUT2D eigenvalue weighted by atomic mass is 35.5. The van der Waals surface area contributed by atoms with Crippen LogP contribution >= 0.6 is 34.7 Å². The summed E-state index contributed by atoms with van der Waals surface area (Å²) in [6, 6.07) is 4.21. The Morgan fingerprint density at radius 2 is 2.19 bits per heavy atom. The van der Waals surface area contributed by atoms with E-state index in [4.69, 9.17) is 16.7 Å². The van der Waals surface area contributed by atoms with Crippen LogP contribution < -0.4 is 5.32 Å². The monoisotopic (exact) mass is 343 g/mol. The molecular formula is C12H10ClN3O3S2. The van der Waals surface area contributed by atoms with Gasteiger partial charge in [0.15, 0.2) is 4.34 Å². The molecule has 0 aliphatic rings. The van der Waals surface area contributed by atoms with Crippen LogP contribution in [0.25, 0.3) is 0 Å². The third kappa shape index (κ3) is 4.42. The molecule has 1 aromatic carbocycles. The Morgan fingerprint density at radius 1 is 1.43 bits per heavy atom. The van der Waals surface area contributed by atoms with Gasteiger partial charge in [0, 0.05) is 5.02 Å². The first-order chi connectivity index (χ1) is 9.95. The average Bonchev–Trinajstić information content (AvgIpc) is 2.82. The van der Waals surface area contributed by atoms with E-state index in [0.717, 1.165) is 5.01 Å². The van der Waals surface area contributed by atoms with E-state index >= 15 is 0 Å². The smallest absolute Gasteiger partial charge is 0.337 e. The van der Waals surface area contributed by atoms with Crippen molar-refractivity contribution in [2.45, 2.75) is 11.3 Å². The van der Waals surface area contributed by atoms with E-state index in [1.165, 1.54) is 41.3 Å². The van der Waals surface area contributed by atoms with Crippen molar-refractivity contribution in [3.05, 3.63) is 33.8 Å². The van der Waals surface area contributed by atoms with Crippen molar-refractivity contribution >= 4 is 52.3 Å². The number of amides is 1. The van der Waals surface area contributed by atoms with Crippen molar-refractivity contribution in [3.63, 3.8) is 0 Å². The number of hydrogen-bond acceptors (Lipinski definition) is 6. The van der Waals surface area contributed by atoms with Crippen LogP contribution in [0.15, 0.2) is 22.5 Å². The van der Waals surface area contributed by atoms with Crippen LogP contribution in [0, 0.1) is 6.92 Å². The summed E-state index contributed by atoms with van der Waals surface area (Å²) in [5, 5.41) is 20.5. The summed E-state index contributed by atoms with van der Waals surface area (Å²) in [5.41, 5.74) is 0.165. The molecule has 0 aliphatic heterocycles. The zero-order chi connectivity index (χ0) is 15.4. The van der Waals surface area contributed by atoms with Crippen LogP contribution in [0.4, 0.5) is 5.69 Å². The second kappa shape index (κ2) is 6.88. The number of hydrogen-bond donors (Lipinski definition) is 2. The maximum atomic E-state index is 11.9. The summed E-state index contributed by atoms with van der Waals surface area (Å²) in [6.07, 6.45) is 0. The van der Waals surface area contributed by atoms with Crippen LogP contribution in [-0.4, -0.2) is 32.9 Å². The molecule has 110 valence electrons. The Labute approximate surface area is 133 Å². The number of halogens is 1. The van der Waals surface area contributed by atoms with E-state index < -0.39 is 5.97 Å². The molecule has 9 heteroatoms. The van der Waals surface area contributed by atoms with Gasteiger partial charge in [0.2, 0.25) is 5.91 Å². The molecule has 6 nitrogen and oxygen atoms in total. The number of carboxylic acid groups (broad SMARTS) is 1. The zero-order valence-corrected chi connectivity index (χ0v) is 13.2. The van der Waals surface area contributed by atoms with Crippen molar-refractivity contribution in [1.29, 1.82) is 0 Å². The Kier molecular flexibility index (Phi) is 5.16. The SMILES string of the molecule is Cc1nnc(SCC(=O)Nc2cc(Cl)ccc2C(=O)O)s1. The summed E-state index contributed by atoms with van der Waals surface area (Å²) < 4.78 is 0.687. The van der Waals surface area contributed by atoms with Crippen molar-refractivity contribution in [2.24, 2.45) is 0 Å². The van der Waals surface area contributed by atoms with E-state index in [1.807, 2.05) is 6.92 Å². The molecule has 0 saturated carbocycles. The first kappa shape index (κ1) is 15.7. The highest BCUT2D eigenvalue weighted by Crippen LogP contribution is 2.24. The van der Waals surface area contributed by atoms with Crippen LogP contribution in [-0.2, 0) is 4.79 Å². The van der Waals surface area contributed by atoms with Gasteiger partial charge in [-0.2, -0.15) is 0 Å². The fraction of sp³-hybridized carbons (Fsp3) is 0.167. The van der Waals surface area contributed by atoms with Gasteiger partial charge in [0.05, 0.1) is 17.0 Å². The van der Waals surface area contributed by atoms with Gasteiger partial charge in [-0.05, 0) is 25.1 Å². The zero-order valence-electron chi connectivity index (χ0n) is 10.8. The minimum Gasteiger partial charge on any atom is -0.478 e. The lowest BCUT2D eigenvalue weighted by atomic mass is 10.2. The largest absolute Gasteiger partial charge is 0.478 e. The molecule has 1 amide bonds. The number of carbonyl (C=O) groups is 2. The molecule has 0 spiro atoms. The van der Waals surface area contributed by atoms with E-state index in [1.54, 1.807) is 0 Å². The summed E-state index contributed by atoms with van der Waals surface area (Å²) in [5.74, 6) is -1.35. The molecule has 0 atom stereocenters. The Bertz CT molecular complexity index is 690. The van der Waals surface area contributed by atoms with Gasteiger partial charge in [-0.25, -0.2) is 4.79 Å². The first-order valence-electron chi connectivity index (χ1n) is 5.71. The first-order valence-corrected chi connectivity index (χ1v) is 7.89. The molecule has 1 aromatic heterocycles. The van der Waals surface area contributed by atoms with Crippen molar-refractivity contribution in [3.8, 4) is 0 Å². The van der Waals surface area contributed by atoms with E-state index in [0.29, 0.717) is 9.36 Å². The molecule has 0 radical (unpaired) electrons. The maximum Gasteiger partial charge on any atom is 0.337 e. The molecular weight excluding hydrogens is 334 g/mol. The Hall–Kier alpha value is -1.64. The summed E-state index contributed by atoms with van der Waals surface area (Å²) in [7, 11) is 0. The molecule has 0 fully saturated rings. The molecule has 0 aliphatic carbocycles. The van der Waals surface area contributed by atoms with Gasteiger partial charge in [-0.3, -0.25) is 4.79 Å². The Balaban J connectivity index is 2.02. The molecule has 0 bridgehead atoms. The van der Waals surface area contributed by atoms with Gasteiger partial charge in [0.1, 0.15) is 5.01 Å². The van der Waals surface area contributed by atoms with Gasteiger partial charge in [0.25, 0.3) is 0 Å². The second-order valence-electron chi connectivity index (χ2n) is 3.92. The number of aryl methyl sites for hydroxylation is 1. The number of carbonyl (C=O) groups excluding carboxylic acids is 1. The third-order valence-electron chi connectivity index (χ3n) is 2.32. The lowest BCUT2D eigenvalue weighted by molar-refractivity contribution is -0.113. The van der Waals surface area contributed by atoms with Crippen molar-refractivity contribution in [1.82, 2.24) is 10.2 Å². The molecule has 0 unspecified atom stereocenters. The van der Waals surface area contributed by atoms with Crippen molar-refractivity contribution in [2.75, 3.05) is 11.1 Å². The van der Waals surface area contributed by atoms with Crippen LogP contribution in [0.1, 0.15) is 15.4 Å². The predicted octanol–water partition coefficient (Wildman–Crippen LogP) is 2.93. The molecule has 2 N–H and O–H groups in total. The van der Waals surface area contributed by atoms with Gasteiger partial charge >= 0.3 is 5.97 Å². The predicted molar refractivity (Wildman–Crippen MR) is 82.4 cm³/mol. The fourth-order valence-electron chi connectivity index (χ4n) is 1.46. The number of nitrogens with zero attached hydrogens (tertiary/aromatic N) is 2. The summed E-state index contributed by atoms with van der Waals surface area (Å²) >= 11 is 8.45. The number of benzene rings is 1. The number of nitrogens with one attached hydrogen (secondary N) is 1. The normalized spacial score (nSPS) is 10.4. The number of aromatic carboxylic acids is 1. The van der Waals surface area contributed by atoms with Crippen LogP contribution in [0.5, 0.6) is 0 Å². The highest BCUT2D eigenvalue weighted by molar-refractivity contribution is 8.01. The van der Waals surface area contributed by atoms with Gasteiger partial charge < -0.3 is 10.4 Å². The molecule has 1 heterocycles. The number of rotatable bonds is 5. The quantitative estimate of drug-likeness (QED) is 0.811. The van der Waals surface area contributed by atoms with Gasteiger partial charge in [-0.1, -0.05) is 34.7 Å². The maximum absolute atomic E-state index is 11.9. The van der Waals surface area contributed by atoms with E-state index in [-0.39, 0.29) is 22.9 Å². The summed E-state index contributed by atoms with van der Waals surface area (Å²) in [4.78, 5) is 22.9. The number of aromatic nitrogens is 2. The highest BCUT2D eigenvalue weighted by Gasteiger charge is 2.14. The number of thioether (sulfide) groups is 1. The molecule has 21 heavy (non-hydrogen) atoms. The lowest BCUT2D eigenvalue weighted by Crippen LogP contribution is -2.16. The minimum atomic E-state index is -1.13. The van der Waals surface area contributed by atoms with Crippen LogP contribution in [0.3, 0.4) is 0 Å². The van der Waals surface area contributed by atoms with Gasteiger partial charge in [-0.15, -0.1) is 10.2 Å². The molecule has 2 aromatic rings. The number of anilines is 1. The van der Waals surface area contributed by atoms with Crippen molar-refractivity contribution < 1.29 is 14.7 Å².